The predicted molar refractivity (Wildman–Crippen MR) is 82.5 cm³/mol. The molecule has 2 rings (SSSR count). The summed E-state index contributed by atoms with van der Waals surface area (Å²) in [5, 5.41) is 12.4. The van der Waals surface area contributed by atoms with Gasteiger partial charge in [-0.2, -0.15) is 0 Å². The Morgan fingerprint density at radius 2 is 2.00 bits per heavy atom. The van der Waals surface area contributed by atoms with Crippen LogP contribution in [-0.4, -0.2) is 31.3 Å². The van der Waals surface area contributed by atoms with Gasteiger partial charge in [-0.15, -0.1) is 0 Å². The number of carbonyl (C=O) groups is 1. The fourth-order valence-corrected chi connectivity index (χ4v) is 3.25. The molecule has 0 radical (unpaired) electrons. The normalized spacial score (nSPS) is 17.2. The molecule has 0 saturated heterocycles. The van der Waals surface area contributed by atoms with E-state index in [0.29, 0.717) is 17.9 Å². The second-order valence-corrected chi connectivity index (χ2v) is 5.92. The van der Waals surface area contributed by atoms with E-state index >= 15 is 0 Å². The number of rotatable bonds is 6. The molecule has 0 bridgehead atoms. The van der Waals surface area contributed by atoms with Crippen LogP contribution < -0.4 is 10.1 Å². The molecular formula is C17H25NO3. The standard InChI is InChI=1S/C17H25NO3/c1-21-15-8-4-3-7-14(15)16(20)18-13-17(11-12-19)9-5-2-6-10-17/h3-4,7-8,19H,2,5-6,9-13H2,1H3,(H,18,20). The van der Waals surface area contributed by atoms with Gasteiger partial charge in [0.15, 0.2) is 0 Å². The summed E-state index contributed by atoms with van der Waals surface area (Å²) in [4.78, 5) is 12.4. The molecule has 0 aromatic heterocycles. The molecule has 0 atom stereocenters. The Balaban J connectivity index is 2.01. The van der Waals surface area contributed by atoms with Gasteiger partial charge in [-0.3, -0.25) is 4.79 Å². The first-order valence-corrected chi connectivity index (χ1v) is 7.73. The highest BCUT2D eigenvalue weighted by Crippen LogP contribution is 2.38. The number of methoxy groups -OCH3 is 1. The fourth-order valence-electron chi connectivity index (χ4n) is 3.25. The smallest absolute Gasteiger partial charge is 0.255 e. The van der Waals surface area contributed by atoms with Gasteiger partial charge < -0.3 is 15.2 Å². The average Bonchev–Trinajstić information content (AvgIpc) is 2.54. The molecule has 0 spiro atoms. The molecule has 0 heterocycles. The molecule has 1 amide bonds. The second-order valence-electron chi connectivity index (χ2n) is 5.92. The Kier molecular flexibility index (Phi) is 5.62. The molecule has 1 aromatic rings. The summed E-state index contributed by atoms with van der Waals surface area (Å²) >= 11 is 0. The van der Waals surface area contributed by atoms with Crippen molar-refractivity contribution in [3.8, 4) is 5.75 Å². The van der Waals surface area contributed by atoms with Gasteiger partial charge in [-0.05, 0) is 36.8 Å². The van der Waals surface area contributed by atoms with Crippen molar-refractivity contribution in [3.05, 3.63) is 29.8 Å². The number of amides is 1. The molecule has 1 aliphatic carbocycles. The topological polar surface area (TPSA) is 58.6 Å². The summed E-state index contributed by atoms with van der Waals surface area (Å²) in [6.07, 6.45) is 6.56. The van der Waals surface area contributed by atoms with Crippen molar-refractivity contribution >= 4 is 5.91 Å². The SMILES string of the molecule is COc1ccccc1C(=O)NCC1(CCO)CCCCC1. The van der Waals surface area contributed by atoms with Crippen molar-refractivity contribution in [3.63, 3.8) is 0 Å². The fraction of sp³-hybridized carbons (Fsp3) is 0.588. The lowest BCUT2D eigenvalue weighted by Gasteiger charge is -2.37. The summed E-state index contributed by atoms with van der Waals surface area (Å²) in [5.74, 6) is 0.491. The van der Waals surface area contributed by atoms with E-state index in [4.69, 9.17) is 4.74 Å². The first kappa shape index (κ1) is 15.8. The van der Waals surface area contributed by atoms with Crippen LogP contribution in [0.1, 0.15) is 48.9 Å². The van der Waals surface area contributed by atoms with Gasteiger partial charge in [0.2, 0.25) is 0 Å². The maximum absolute atomic E-state index is 12.4. The van der Waals surface area contributed by atoms with Crippen LogP contribution in [0.15, 0.2) is 24.3 Å². The molecule has 0 unspecified atom stereocenters. The molecule has 1 aromatic carbocycles. The largest absolute Gasteiger partial charge is 0.496 e. The van der Waals surface area contributed by atoms with Gasteiger partial charge in [0.05, 0.1) is 12.7 Å². The highest BCUT2D eigenvalue weighted by atomic mass is 16.5. The van der Waals surface area contributed by atoms with Crippen LogP contribution in [0.3, 0.4) is 0 Å². The Morgan fingerprint density at radius 3 is 2.67 bits per heavy atom. The molecule has 1 fully saturated rings. The number of carbonyl (C=O) groups excluding carboxylic acids is 1. The van der Waals surface area contributed by atoms with Crippen LogP contribution in [-0.2, 0) is 0 Å². The molecule has 1 aliphatic rings. The third-order valence-corrected chi connectivity index (χ3v) is 4.53. The van der Waals surface area contributed by atoms with E-state index in [2.05, 4.69) is 5.32 Å². The minimum Gasteiger partial charge on any atom is -0.496 e. The third-order valence-electron chi connectivity index (χ3n) is 4.53. The van der Waals surface area contributed by atoms with Crippen molar-refractivity contribution in [2.45, 2.75) is 38.5 Å². The maximum atomic E-state index is 12.4. The van der Waals surface area contributed by atoms with E-state index in [1.165, 1.54) is 19.3 Å². The summed E-state index contributed by atoms with van der Waals surface area (Å²) in [5.41, 5.74) is 0.625. The molecular weight excluding hydrogens is 266 g/mol. The van der Waals surface area contributed by atoms with Crippen molar-refractivity contribution in [1.29, 1.82) is 0 Å². The van der Waals surface area contributed by atoms with Gasteiger partial charge in [0, 0.05) is 13.2 Å². The zero-order valence-corrected chi connectivity index (χ0v) is 12.7. The number of nitrogens with one attached hydrogen (secondary N) is 1. The van der Waals surface area contributed by atoms with Crippen molar-refractivity contribution in [2.75, 3.05) is 20.3 Å². The van der Waals surface area contributed by atoms with E-state index in [9.17, 15) is 9.90 Å². The second kappa shape index (κ2) is 7.46. The molecule has 1 saturated carbocycles. The molecule has 4 nitrogen and oxygen atoms in total. The van der Waals surface area contributed by atoms with E-state index in [1.54, 1.807) is 19.2 Å². The monoisotopic (exact) mass is 291 g/mol. The number of para-hydroxylation sites is 1. The molecule has 0 aliphatic heterocycles. The lowest BCUT2D eigenvalue weighted by Crippen LogP contribution is -2.39. The third kappa shape index (κ3) is 3.97. The van der Waals surface area contributed by atoms with Crippen LogP contribution in [0, 0.1) is 5.41 Å². The Labute approximate surface area is 126 Å². The highest BCUT2D eigenvalue weighted by Gasteiger charge is 2.32. The number of hydrogen-bond acceptors (Lipinski definition) is 3. The first-order valence-electron chi connectivity index (χ1n) is 7.73. The minimum absolute atomic E-state index is 0.0602. The number of benzene rings is 1. The van der Waals surface area contributed by atoms with Gasteiger partial charge in [-0.25, -0.2) is 0 Å². The van der Waals surface area contributed by atoms with Crippen LogP contribution in [0.4, 0.5) is 0 Å². The van der Waals surface area contributed by atoms with E-state index in [-0.39, 0.29) is 17.9 Å². The summed E-state index contributed by atoms with van der Waals surface area (Å²) in [7, 11) is 1.57. The molecule has 116 valence electrons. The predicted octanol–water partition coefficient (Wildman–Crippen LogP) is 2.76. The zero-order chi connectivity index (χ0) is 15.1. The zero-order valence-electron chi connectivity index (χ0n) is 12.7. The Morgan fingerprint density at radius 1 is 1.29 bits per heavy atom. The van der Waals surface area contributed by atoms with E-state index in [1.807, 2.05) is 12.1 Å². The van der Waals surface area contributed by atoms with Gasteiger partial charge in [0.1, 0.15) is 5.75 Å². The van der Waals surface area contributed by atoms with Crippen LogP contribution in [0.25, 0.3) is 0 Å². The van der Waals surface area contributed by atoms with Gasteiger partial charge >= 0.3 is 0 Å². The lowest BCUT2D eigenvalue weighted by atomic mass is 9.72. The van der Waals surface area contributed by atoms with Gasteiger partial charge in [0.25, 0.3) is 5.91 Å². The summed E-state index contributed by atoms with van der Waals surface area (Å²) in [6, 6.07) is 7.25. The molecule has 2 N–H and O–H groups in total. The highest BCUT2D eigenvalue weighted by molar-refractivity contribution is 5.96. The lowest BCUT2D eigenvalue weighted by molar-refractivity contribution is 0.0866. The van der Waals surface area contributed by atoms with E-state index in [0.717, 1.165) is 19.3 Å². The summed E-state index contributed by atoms with van der Waals surface area (Å²) in [6.45, 7) is 0.814. The quantitative estimate of drug-likeness (QED) is 0.847. The van der Waals surface area contributed by atoms with Crippen molar-refractivity contribution in [2.24, 2.45) is 5.41 Å². The van der Waals surface area contributed by atoms with Crippen molar-refractivity contribution in [1.82, 2.24) is 5.32 Å². The summed E-state index contributed by atoms with van der Waals surface area (Å²) < 4.78 is 5.23. The van der Waals surface area contributed by atoms with Crippen LogP contribution in [0.5, 0.6) is 5.75 Å². The Bertz CT molecular complexity index is 461. The maximum Gasteiger partial charge on any atom is 0.255 e. The molecule has 21 heavy (non-hydrogen) atoms. The van der Waals surface area contributed by atoms with Crippen molar-refractivity contribution < 1.29 is 14.6 Å². The van der Waals surface area contributed by atoms with E-state index < -0.39 is 0 Å². The van der Waals surface area contributed by atoms with Crippen LogP contribution >= 0.6 is 0 Å². The number of aliphatic hydroxyl groups excluding tert-OH is 1. The number of aliphatic hydroxyl groups is 1. The van der Waals surface area contributed by atoms with Crippen LogP contribution in [0.2, 0.25) is 0 Å². The number of hydrogen-bond donors (Lipinski definition) is 2. The van der Waals surface area contributed by atoms with Gasteiger partial charge in [-0.1, -0.05) is 31.4 Å². The number of ether oxygens (including phenoxy) is 1. The average molecular weight is 291 g/mol. The molecule has 4 heteroatoms. The first-order chi connectivity index (χ1) is 10.2. The minimum atomic E-state index is -0.102. The Hall–Kier alpha value is -1.55.